The number of imidazole rings is 1. The number of hydrogen-bond acceptors (Lipinski definition) is 2. The van der Waals surface area contributed by atoms with E-state index < -0.39 is 0 Å². The quantitative estimate of drug-likeness (QED) is 0.923. The fraction of sp³-hybridized carbons (Fsp3) is 0.385. The number of nitrogens with zero attached hydrogens (tertiary/aromatic N) is 3. The first-order chi connectivity index (χ1) is 9.24. The Bertz CT molecular complexity index is 563. The molecule has 0 unspecified atom stereocenters. The van der Waals surface area contributed by atoms with Gasteiger partial charge in [0.05, 0.1) is 12.4 Å². The molecule has 1 amide bonds. The van der Waals surface area contributed by atoms with E-state index in [0.29, 0.717) is 11.7 Å². The fourth-order valence-electron chi connectivity index (χ4n) is 2.53. The molecular weight excluding hydrogens is 308 g/mol. The van der Waals surface area contributed by atoms with Gasteiger partial charge >= 0.3 is 0 Å². The monoisotopic (exact) mass is 322 g/mol. The van der Waals surface area contributed by atoms with E-state index in [1.165, 1.54) is 0 Å². The number of aromatic nitrogens is 3. The summed E-state index contributed by atoms with van der Waals surface area (Å²) in [5.74, 6) is 0.0653. The first kappa shape index (κ1) is 12.5. The van der Waals surface area contributed by atoms with Gasteiger partial charge in [0.1, 0.15) is 5.69 Å². The van der Waals surface area contributed by atoms with Crippen LogP contribution < -0.4 is 0 Å². The fourth-order valence-corrected chi connectivity index (χ4v) is 2.87. The first-order valence-corrected chi connectivity index (χ1v) is 7.14. The first-order valence-electron chi connectivity index (χ1n) is 6.34. The van der Waals surface area contributed by atoms with Crippen molar-refractivity contribution in [1.82, 2.24) is 19.4 Å². The molecule has 1 N–H and O–H groups in total. The van der Waals surface area contributed by atoms with Crippen molar-refractivity contribution in [3.05, 3.63) is 41.2 Å². The van der Waals surface area contributed by atoms with Gasteiger partial charge in [0.15, 0.2) is 0 Å². The van der Waals surface area contributed by atoms with E-state index in [2.05, 4.69) is 30.5 Å². The van der Waals surface area contributed by atoms with Crippen molar-refractivity contribution < 1.29 is 4.79 Å². The third kappa shape index (κ3) is 2.58. The molecule has 0 spiro atoms. The minimum atomic E-state index is 0.0653. The average molecular weight is 323 g/mol. The van der Waals surface area contributed by atoms with Crippen LogP contribution in [0.4, 0.5) is 0 Å². The van der Waals surface area contributed by atoms with Crippen LogP contribution in [0.1, 0.15) is 29.4 Å². The molecule has 1 atom stereocenters. The van der Waals surface area contributed by atoms with Gasteiger partial charge in [0, 0.05) is 36.2 Å². The largest absolute Gasteiger partial charge is 0.356 e. The number of carbonyl (C=O) groups is 1. The van der Waals surface area contributed by atoms with Crippen LogP contribution in [-0.2, 0) is 0 Å². The van der Waals surface area contributed by atoms with Crippen molar-refractivity contribution in [2.75, 3.05) is 13.1 Å². The highest BCUT2D eigenvalue weighted by atomic mass is 79.9. The predicted octanol–water partition coefficient (Wildman–Crippen LogP) is 2.45. The van der Waals surface area contributed by atoms with Crippen LogP contribution in [0.25, 0.3) is 0 Å². The molecule has 19 heavy (non-hydrogen) atoms. The molecule has 1 aliphatic rings. The second kappa shape index (κ2) is 5.21. The zero-order chi connectivity index (χ0) is 13.2. The Morgan fingerprint density at radius 3 is 3.11 bits per heavy atom. The van der Waals surface area contributed by atoms with Crippen molar-refractivity contribution in [1.29, 1.82) is 0 Å². The summed E-state index contributed by atoms with van der Waals surface area (Å²) in [6.07, 6.45) is 9.46. The summed E-state index contributed by atoms with van der Waals surface area (Å²) in [6, 6.07) is 2.15. The molecule has 1 fully saturated rings. The highest BCUT2D eigenvalue weighted by Gasteiger charge is 2.25. The molecule has 1 aliphatic heterocycles. The van der Waals surface area contributed by atoms with Crippen molar-refractivity contribution in [2.24, 2.45) is 0 Å². The molecule has 0 radical (unpaired) electrons. The summed E-state index contributed by atoms with van der Waals surface area (Å²) >= 11 is 3.35. The lowest BCUT2D eigenvalue weighted by molar-refractivity contribution is 0.0674. The maximum atomic E-state index is 12.4. The number of amides is 1. The number of piperidine rings is 1. The number of rotatable bonds is 2. The molecule has 5 nitrogen and oxygen atoms in total. The van der Waals surface area contributed by atoms with Gasteiger partial charge in [0.25, 0.3) is 5.91 Å². The summed E-state index contributed by atoms with van der Waals surface area (Å²) in [7, 11) is 0. The number of halogens is 1. The van der Waals surface area contributed by atoms with Crippen LogP contribution in [-0.4, -0.2) is 38.4 Å². The zero-order valence-electron chi connectivity index (χ0n) is 10.4. The van der Waals surface area contributed by atoms with E-state index in [1.807, 2.05) is 23.5 Å². The van der Waals surface area contributed by atoms with Gasteiger partial charge in [0.2, 0.25) is 0 Å². The summed E-state index contributed by atoms with van der Waals surface area (Å²) in [4.78, 5) is 21.4. The number of hydrogen-bond donors (Lipinski definition) is 1. The molecule has 0 aliphatic carbocycles. The van der Waals surface area contributed by atoms with Crippen molar-refractivity contribution in [2.45, 2.75) is 18.9 Å². The molecule has 2 aromatic heterocycles. The number of H-pyrrole nitrogens is 1. The van der Waals surface area contributed by atoms with Gasteiger partial charge in [-0.05, 0) is 34.8 Å². The Hall–Kier alpha value is -1.56. The van der Waals surface area contributed by atoms with E-state index in [-0.39, 0.29) is 5.91 Å². The van der Waals surface area contributed by atoms with E-state index in [9.17, 15) is 4.79 Å². The summed E-state index contributed by atoms with van der Waals surface area (Å²) in [5, 5.41) is 0. The molecule has 1 saturated heterocycles. The van der Waals surface area contributed by atoms with Gasteiger partial charge in [-0.2, -0.15) is 0 Å². The SMILES string of the molecule is O=C(c1cc(Br)c[nH]1)N1CCC[C@@H](n2ccnc2)C1. The Morgan fingerprint density at radius 2 is 2.42 bits per heavy atom. The maximum Gasteiger partial charge on any atom is 0.270 e. The van der Waals surface area contributed by atoms with E-state index >= 15 is 0 Å². The minimum Gasteiger partial charge on any atom is -0.356 e. The van der Waals surface area contributed by atoms with Gasteiger partial charge in [-0.15, -0.1) is 0 Å². The molecule has 100 valence electrons. The third-order valence-corrected chi connectivity index (χ3v) is 3.97. The highest BCUT2D eigenvalue weighted by Crippen LogP contribution is 2.23. The molecule has 6 heteroatoms. The number of aromatic amines is 1. The van der Waals surface area contributed by atoms with Crippen LogP contribution in [0.3, 0.4) is 0 Å². The van der Waals surface area contributed by atoms with Crippen LogP contribution in [0.2, 0.25) is 0 Å². The van der Waals surface area contributed by atoms with Crippen molar-refractivity contribution in [3.63, 3.8) is 0 Å². The second-order valence-electron chi connectivity index (χ2n) is 4.79. The maximum absolute atomic E-state index is 12.4. The third-order valence-electron chi connectivity index (χ3n) is 3.51. The molecule has 0 aromatic carbocycles. The van der Waals surface area contributed by atoms with E-state index in [1.54, 1.807) is 12.4 Å². The number of carbonyl (C=O) groups excluding carboxylic acids is 1. The zero-order valence-corrected chi connectivity index (χ0v) is 12.0. The molecule has 0 bridgehead atoms. The predicted molar refractivity (Wildman–Crippen MR) is 74.9 cm³/mol. The Kier molecular flexibility index (Phi) is 3.42. The minimum absolute atomic E-state index is 0.0653. The Labute approximate surface area is 119 Å². The van der Waals surface area contributed by atoms with Gasteiger partial charge < -0.3 is 14.5 Å². The summed E-state index contributed by atoms with van der Waals surface area (Å²) < 4.78 is 2.99. The smallest absolute Gasteiger partial charge is 0.270 e. The molecule has 3 heterocycles. The van der Waals surface area contributed by atoms with E-state index in [0.717, 1.165) is 30.4 Å². The van der Waals surface area contributed by atoms with Crippen molar-refractivity contribution in [3.8, 4) is 0 Å². The van der Waals surface area contributed by atoms with Crippen LogP contribution >= 0.6 is 15.9 Å². The van der Waals surface area contributed by atoms with Crippen LogP contribution in [0.5, 0.6) is 0 Å². The standard InChI is InChI=1S/C13H15BrN4O/c14-10-6-12(16-7-10)13(19)17-4-1-2-11(8-17)18-5-3-15-9-18/h3,5-7,9,11,16H,1-2,4,8H2/t11-/m1/s1. The summed E-state index contributed by atoms with van der Waals surface area (Å²) in [5.41, 5.74) is 0.637. The van der Waals surface area contributed by atoms with Gasteiger partial charge in [-0.25, -0.2) is 4.98 Å². The lowest BCUT2D eigenvalue weighted by Crippen LogP contribution is -2.40. The molecule has 2 aromatic rings. The highest BCUT2D eigenvalue weighted by molar-refractivity contribution is 9.10. The second-order valence-corrected chi connectivity index (χ2v) is 5.70. The Balaban J connectivity index is 1.73. The molecule has 0 saturated carbocycles. The van der Waals surface area contributed by atoms with E-state index in [4.69, 9.17) is 0 Å². The average Bonchev–Trinajstić information content (AvgIpc) is 3.09. The Morgan fingerprint density at radius 1 is 1.53 bits per heavy atom. The van der Waals surface area contributed by atoms with Crippen molar-refractivity contribution >= 4 is 21.8 Å². The van der Waals surface area contributed by atoms with Crippen LogP contribution in [0.15, 0.2) is 35.5 Å². The van der Waals surface area contributed by atoms with Gasteiger partial charge in [-0.1, -0.05) is 0 Å². The molecular formula is C13H15BrN4O. The number of nitrogens with one attached hydrogen (secondary N) is 1. The topological polar surface area (TPSA) is 53.9 Å². The summed E-state index contributed by atoms with van der Waals surface area (Å²) in [6.45, 7) is 1.56. The van der Waals surface area contributed by atoms with Crippen LogP contribution in [0, 0.1) is 0 Å². The van der Waals surface area contributed by atoms with Gasteiger partial charge in [-0.3, -0.25) is 4.79 Å². The lowest BCUT2D eigenvalue weighted by Gasteiger charge is -2.33. The molecule has 3 rings (SSSR count). The normalized spacial score (nSPS) is 19.6. The number of likely N-dealkylation sites (tertiary alicyclic amines) is 1. The lowest BCUT2D eigenvalue weighted by atomic mass is 10.1.